The van der Waals surface area contributed by atoms with Crippen molar-refractivity contribution in [2.24, 2.45) is 5.92 Å². The maximum atomic E-state index is 13.0. The lowest BCUT2D eigenvalue weighted by Crippen LogP contribution is -2.34. The molecule has 1 aliphatic rings. The molecule has 17 heavy (non-hydrogen) atoms. The molecule has 1 fully saturated rings. The van der Waals surface area contributed by atoms with Gasteiger partial charge in [0.1, 0.15) is 0 Å². The number of methoxy groups -OCH3 is 1. The molecule has 0 amide bonds. The van der Waals surface area contributed by atoms with Crippen LogP contribution < -0.4 is 5.32 Å². The third-order valence-corrected chi connectivity index (χ3v) is 3.09. The summed E-state index contributed by atoms with van der Waals surface area (Å²) in [5.74, 6) is -0.927. The first kappa shape index (κ1) is 12.5. The van der Waals surface area contributed by atoms with Crippen molar-refractivity contribution < 1.29 is 13.5 Å². The fourth-order valence-electron chi connectivity index (χ4n) is 1.94. The molecule has 1 unspecified atom stereocenters. The van der Waals surface area contributed by atoms with Gasteiger partial charge in [0, 0.05) is 19.7 Å². The zero-order valence-electron chi connectivity index (χ0n) is 9.88. The summed E-state index contributed by atoms with van der Waals surface area (Å²) in [5.41, 5.74) is 0.755. The van der Waals surface area contributed by atoms with E-state index in [1.165, 1.54) is 18.9 Å². The number of hydrogen-bond donors (Lipinski definition) is 1. The monoisotopic (exact) mass is 241 g/mol. The van der Waals surface area contributed by atoms with E-state index in [9.17, 15) is 8.78 Å². The van der Waals surface area contributed by atoms with E-state index in [2.05, 4.69) is 5.32 Å². The van der Waals surface area contributed by atoms with Crippen LogP contribution in [0.5, 0.6) is 0 Å². The number of nitrogens with one attached hydrogen (secondary N) is 1. The summed E-state index contributed by atoms with van der Waals surface area (Å²) in [5, 5.41) is 3.33. The Morgan fingerprint density at radius 1 is 1.35 bits per heavy atom. The molecular formula is C13H17F2NO. The summed E-state index contributed by atoms with van der Waals surface area (Å²) in [6, 6.07) is 4.31. The van der Waals surface area contributed by atoms with E-state index in [1.807, 2.05) is 0 Å². The van der Waals surface area contributed by atoms with E-state index in [0.29, 0.717) is 25.1 Å². The number of halogens is 2. The molecule has 1 aromatic rings. The molecule has 0 radical (unpaired) electrons. The van der Waals surface area contributed by atoms with Crippen molar-refractivity contribution in [3.8, 4) is 0 Å². The molecule has 0 spiro atoms. The Kier molecular flexibility index (Phi) is 4.07. The fraction of sp³-hybridized carbons (Fsp3) is 0.538. The molecule has 1 saturated carbocycles. The van der Waals surface area contributed by atoms with E-state index >= 15 is 0 Å². The highest BCUT2D eigenvalue weighted by Crippen LogP contribution is 2.32. The molecule has 0 aliphatic heterocycles. The third kappa shape index (κ3) is 3.48. The fourth-order valence-corrected chi connectivity index (χ4v) is 1.94. The number of hydrogen-bond acceptors (Lipinski definition) is 2. The van der Waals surface area contributed by atoms with Gasteiger partial charge in [0.05, 0.1) is 6.61 Å². The van der Waals surface area contributed by atoms with Gasteiger partial charge in [0.25, 0.3) is 0 Å². The van der Waals surface area contributed by atoms with Gasteiger partial charge in [-0.05, 0) is 36.5 Å². The number of ether oxygens (including phenoxy) is 1. The molecule has 2 rings (SSSR count). The summed E-state index contributed by atoms with van der Waals surface area (Å²) >= 11 is 0. The molecule has 0 aromatic heterocycles. The van der Waals surface area contributed by atoms with Crippen LogP contribution in [-0.2, 0) is 11.3 Å². The van der Waals surface area contributed by atoms with E-state index < -0.39 is 11.6 Å². The number of benzene rings is 1. The highest BCUT2D eigenvalue weighted by molar-refractivity contribution is 5.17. The Hall–Kier alpha value is -1.00. The lowest BCUT2D eigenvalue weighted by atomic mass is 10.1. The van der Waals surface area contributed by atoms with Crippen molar-refractivity contribution in [2.75, 3.05) is 13.7 Å². The van der Waals surface area contributed by atoms with E-state index in [0.717, 1.165) is 11.6 Å². The summed E-state index contributed by atoms with van der Waals surface area (Å²) in [6.07, 6.45) is 2.44. The first-order chi connectivity index (χ1) is 8.20. The predicted molar refractivity (Wildman–Crippen MR) is 61.6 cm³/mol. The Bertz CT molecular complexity index is 380. The zero-order chi connectivity index (χ0) is 12.3. The topological polar surface area (TPSA) is 21.3 Å². The normalized spacial score (nSPS) is 17.1. The van der Waals surface area contributed by atoms with Gasteiger partial charge in [0.15, 0.2) is 11.6 Å². The van der Waals surface area contributed by atoms with Gasteiger partial charge in [-0.2, -0.15) is 0 Å². The Balaban J connectivity index is 1.89. The molecule has 0 saturated heterocycles. The van der Waals surface area contributed by atoms with Gasteiger partial charge >= 0.3 is 0 Å². The van der Waals surface area contributed by atoms with Crippen molar-refractivity contribution in [2.45, 2.75) is 25.4 Å². The van der Waals surface area contributed by atoms with Gasteiger partial charge in [0.2, 0.25) is 0 Å². The van der Waals surface area contributed by atoms with E-state index in [4.69, 9.17) is 4.74 Å². The smallest absolute Gasteiger partial charge is 0.159 e. The second kappa shape index (κ2) is 5.56. The molecular weight excluding hydrogens is 224 g/mol. The minimum Gasteiger partial charge on any atom is -0.383 e. The maximum Gasteiger partial charge on any atom is 0.159 e. The molecule has 2 nitrogen and oxygen atoms in total. The van der Waals surface area contributed by atoms with Crippen LogP contribution in [0.2, 0.25) is 0 Å². The molecule has 0 heterocycles. The lowest BCUT2D eigenvalue weighted by Gasteiger charge is -2.17. The van der Waals surface area contributed by atoms with Crippen molar-refractivity contribution in [3.05, 3.63) is 35.4 Å². The minimum atomic E-state index is -0.801. The minimum absolute atomic E-state index is 0.313. The van der Waals surface area contributed by atoms with E-state index in [1.54, 1.807) is 13.2 Å². The zero-order valence-corrected chi connectivity index (χ0v) is 9.88. The summed E-state index contributed by atoms with van der Waals surface area (Å²) < 4.78 is 30.9. The average molecular weight is 241 g/mol. The average Bonchev–Trinajstić information content (AvgIpc) is 3.13. The van der Waals surface area contributed by atoms with Gasteiger partial charge in [-0.3, -0.25) is 0 Å². The van der Waals surface area contributed by atoms with Crippen molar-refractivity contribution in [3.63, 3.8) is 0 Å². The standard InChI is InChI=1S/C13H17F2NO/c1-17-8-13(10-3-4-10)16-7-9-2-5-11(14)12(15)6-9/h2,5-6,10,13,16H,3-4,7-8H2,1H3. The Labute approximate surface area is 100.0 Å². The largest absolute Gasteiger partial charge is 0.383 e. The number of rotatable bonds is 6. The van der Waals surface area contributed by atoms with Crippen LogP contribution in [0.3, 0.4) is 0 Å². The van der Waals surface area contributed by atoms with Crippen LogP contribution in [0.4, 0.5) is 8.78 Å². The molecule has 1 N–H and O–H groups in total. The maximum absolute atomic E-state index is 13.0. The summed E-state index contributed by atoms with van der Waals surface area (Å²) in [6.45, 7) is 1.20. The summed E-state index contributed by atoms with van der Waals surface area (Å²) in [4.78, 5) is 0. The summed E-state index contributed by atoms with van der Waals surface area (Å²) in [7, 11) is 1.68. The van der Waals surface area contributed by atoms with Crippen LogP contribution in [0.15, 0.2) is 18.2 Å². The van der Waals surface area contributed by atoms with Gasteiger partial charge in [-0.25, -0.2) is 8.78 Å². The highest BCUT2D eigenvalue weighted by Gasteiger charge is 2.30. The van der Waals surface area contributed by atoms with Gasteiger partial charge < -0.3 is 10.1 Å². The van der Waals surface area contributed by atoms with Crippen molar-refractivity contribution in [1.29, 1.82) is 0 Å². The molecule has 0 bridgehead atoms. The quantitative estimate of drug-likeness (QED) is 0.826. The van der Waals surface area contributed by atoms with Crippen LogP contribution >= 0.6 is 0 Å². The highest BCUT2D eigenvalue weighted by atomic mass is 19.2. The molecule has 1 aliphatic carbocycles. The van der Waals surface area contributed by atoms with Crippen LogP contribution in [0, 0.1) is 17.6 Å². The second-order valence-electron chi connectivity index (χ2n) is 4.53. The van der Waals surface area contributed by atoms with Crippen LogP contribution in [0.1, 0.15) is 18.4 Å². The Morgan fingerprint density at radius 3 is 2.71 bits per heavy atom. The van der Waals surface area contributed by atoms with Gasteiger partial charge in [-0.1, -0.05) is 6.07 Å². The predicted octanol–water partition coefficient (Wildman–Crippen LogP) is 2.48. The first-order valence-electron chi connectivity index (χ1n) is 5.87. The SMILES string of the molecule is COCC(NCc1ccc(F)c(F)c1)C1CC1. The third-order valence-electron chi connectivity index (χ3n) is 3.09. The molecule has 4 heteroatoms. The van der Waals surface area contributed by atoms with Crippen LogP contribution in [0.25, 0.3) is 0 Å². The van der Waals surface area contributed by atoms with Crippen LogP contribution in [-0.4, -0.2) is 19.8 Å². The van der Waals surface area contributed by atoms with Crippen molar-refractivity contribution >= 4 is 0 Å². The first-order valence-corrected chi connectivity index (χ1v) is 5.87. The second-order valence-corrected chi connectivity index (χ2v) is 4.53. The molecule has 94 valence electrons. The lowest BCUT2D eigenvalue weighted by molar-refractivity contribution is 0.157. The van der Waals surface area contributed by atoms with Crippen molar-refractivity contribution in [1.82, 2.24) is 5.32 Å². The molecule has 1 atom stereocenters. The Morgan fingerprint density at radius 2 is 2.12 bits per heavy atom. The molecule has 1 aromatic carbocycles. The van der Waals surface area contributed by atoms with Gasteiger partial charge in [-0.15, -0.1) is 0 Å². The van der Waals surface area contributed by atoms with E-state index in [-0.39, 0.29) is 0 Å².